The highest BCUT2D eigenvalue weighted by Crippen LogP contribution is 2.48. The van der Waals surface area contributed by atoms with Gasteiger partial charge in [-0.3, -0.25) is 0 Å². The molecule has 2 fully saturated rings. The average molecular weight is 650 g/mol. The first-order valence-electron chi connectivity index (χ1n) is 15.3. The zero-order valence-electron chi connectivity index (χ0n) is 25.9. The van der Waals surface area contributed by atoms with Crippen molar-refractivity contribution in [3.05, 3.63) is 119 Å². The molecule has 2 aliphatic heterocycles. The molecule has 0 amide bonds. The number of fused-ring (bicyclic) bond motifs is 2. The number of benzene rings is 3. The van der Waals surface area contributed by atoms with Crippen LogP contribution in [0.1, 0.15) is 54.7 Å². The molecule has 0 aliphatic carbocycles. The molecule has 47 heavy (non-hydrogen) atoms. The van der Waals surface area contributed by atoms with Crippen molar-refractivity contribution < 1.29 is 28.8 Å². The Balaban J connectivity index is 1.23. The quantitative estimate of drug-likeness (QED) is 0.164. The Morgan fingerprint density at radius 3 is 2.38 bits per heavy atom. The van der Waals surface area contributed by atoms with Crippen molar-refractivity contribution >= 4 is 28.6 Å². The maximum atomic E-state index is 13.7. The van der Waals surface area contributed by atoms with Gasteiger partial charge < -0.3 is 28.6 Å². The number of halogens is 1. The maximum absolute atomic E-state index is 13.7. The van der Waals surface area contributed by atoms with Crippen molar-refractivity contribution in [2.75, 3.05) is 0 Å². The molecule has 0 spiro atoms. The third-order valence-corrected chi connectivity index (χ3v) is 8.46. The Bertz CT molecular complexity index is 1970. The van der Waals surface area contributed by atoms with Gasteiger partial charge in [0, 0.05) is 11.2 Å². The summed E-state index contributed by atoms with van der Waals surface area (Å²) in [5.74, 6) is 4.23. The predicted molar refractivity (Wildman–Crippen MR) is 175 cm³/mol. The molecule has 0 bridgehead atoms. The minimum atomic E-state index is -0.927. The third-order valence-electron chi connectivity index (χ3n) is 8.21. The first-order valence-corrected chi connectivity index (χ1v) is 15.7. The summed E-state index contributed by atoms with van der Waals surface area (Å²) < 4.78 is 27.7. The van der Waals surface area contributed by atoms with Crippen LogP contribution in [0.3, 0.4) is 0 Å². The van der Waals surface area contributed by atoms with Gasteiger partial charge in [-0.1, -0.05) is 72.1 Å². The Morgan fingerprint density at radius 2 is 1.66 bits per heavy atom. The van der Waals surface area contributed by atoms with Crippen LogP contribution >= 0.6 is 11.6 Å². The lowest BCUT2D eigenvalue weighted by atomic mass is 9.98. The van der Waals surface area contributed by atoms with Gasteiger partial charge in [-0.25, -0.2) is 14.8 Å². The second-order valence-corrected chi connectivity index (χ2v) is 12.4. The summed E-state index contributed by atoms with van der Waals surface area (Å²) in [6.45, 7) is 5.28. The van der Waals surface area contributed by atoms with E-state index in [0.29, 0.717) is 32.9 Å². The first kappa shape index (κ1) is 31.1. The van der Waals surface area contributed by atoms with E-state index in [1.165, 1.54) is 6.33 Å². The number of aliphatic hydroxyl groups excluding tert-OH is 1. The van der Waals surface area contributed by atoms with E-state index in [-0.39, 0.29) is 0 Å². The number of rotatable bonds is 6. The summed E-state index contributed by atoms with van der Waals surface area (Å²) in [6.07, 6.45) is -1.02. The van der Waals surface area contributed by atoms with E-state index in [4.69, 9.17) is 30.5 Å². The second-order valence-electron chi connectivity index (χ2n) is 12.0. The molecule has 1 N–H and O–H groups in total. The molecule has 9 nitrogen and oxygen atoms in total. The fourth-order valence-corrected chi connectivity index (χ4v) is 6.24. The number of carbonyl (C=O) groups is 1. The number of esters is 1. The molecular formula is C37H32ClN3O6. The molecule has 6 atom stereocenters. The highest BCUT2D eigenvalue weighted by molar-refractivity contribution is 6.30. The molecular weight excluding hydrogens is 618 g/mol. The molecule has 5 aromatic rings. The Labute approximate surface area is 277 Å². The van der Waals surface area contributed by atoms with Crippen LogP contribution in [0.2, 0.25) is 5.02 Å². The molecule has 2 saturated heterocycles. The standard InChI is InChI=1S/C37H32ClN3O6/c1-22(42)9-18-29-28-19-20-41(34(28)40-21-39-29)35-33-32(46-37(2,3)47-33)31(44-35)30(25-14-16-27(38)17-15-25)45-36(43)26-12-10-24(11-13-26)23-7-5-4-6-8-23/h4-8,10-17,19-22,30-33,35,42H,1-3H3/t22?,30?,31-,32-,33-,35-/m1/s1. The van der Waals surface area contributed by atoms with Crippen molar-refractivity contribution in [2.24, 2.45) is 0 Å². The molecule has 7 rings (SSSR count). The molecule has 238 valence electrons. The number of aliphatic hydroxyl groups is 1. The Hall–Kier alpha value is -4.56. The number of aromatic nitrogens is 3. The summed E-state index contributed by atoms with van der Waals surface area (Å²) in [5.41, 5.74) is 4.19. The van der Waals surface area contributed by atoms with Gasteiger partial charge in [0.25, 0.3) is 0 Å². The van der Waals surface area contributed by atoms with E-state index in [9.17, 15) is 9.90 Å². The van der Waals surface area contributed by atoms with Crippen LogP contribution in [-0.2, 0) is 18.9 Å². The molecule has 2 aromatic heterocycles. The van der Waals surface area contributed by atoms with Gasteiger partial charge in [-0.05, 0) is 73.7 Å². The van der Waals surface area contributed by atoms with E-state index in [1.807, 2.05) is 85.3 Å². The second kappa shape index (κ2) is 12.6. The molecule has 2 unspecified atom stereocenters. The zero-order valence-corrected chi connectivity index (χ0v) is 26.7. The van der Waals surface area contributed by atoms with E-state index >= 15 is 0 Å². The summed E-state index contributed by atoms with van der Waals surface area (Å²) in [4.78, 5) is 22.6. The molecule has 0 saturated carbocycles. The monoisotopic (exact) mass is 649 g/mol. The lowest BCUT2D eigenvalue weighted by Gasteiger charge is -2.29. The number of hydrogen-bond acceptors (Lipinski definition) is 8. The fourth-order valence-electron chi connectivity index (χ4n) is 6.11. The number of hydrogen-bond donors (Lipinski definition) is 1. The minimum absolute atomic E-state index is 0.401. The van der Waals surface area contributed by atoms with Crippen molar-refractivity contribution in [2.45, 2.75) is 63.3 Å². The van der Waals surface area contributed by atoms with Crippen LogP contribution in [0.4, 0.5) is 0 Å². The van der Waals surface area contributed by atoms with E-state index in [2.05, 4.69) is 21.8 Å². The normalized spacial score (nSPS) is 22.7. The third kappa shape index (κ3) is 6.26. The highest BCUT2D eigenvalue weighted by Gasteiger charge is 2.59. The van der Waals surface area contributed by atoms with Crippen molar-refractivity contribution in [3.63, 3.8) is 0 Å². The molecule has 4 heterocycles. The SMILES string of the molecule is CC(O)C#Cc1ncnc2c1ccn2[C@@H]1O[C@H](C(OC(=O)c2ccc(-c3ccccc3)cc2)c2ccc(Cl)cc2)[C@H]2OC(C)(C)O[C@H]21. The van der Waals surface area contributed by atoms with Gasteiger partial charge in [-0.15, -0.1) is 0 Å². The van der Waals surface area contributed by atoms with Crippen LogP contribution in [0, 0.1) is 11.8 Å². The first-order chi connectivity index (χ1) is 22.7. The van der Waals surface area contributed by atoms with Crippen molar-refractivity contribution in [1.82, 2.24) is 14.5 Å². The van der Waals surface area contributed by atoms with Gasteiger partial charge in [0.05, 0.1) is 10.9 Å². The number of carbonyl (C=O) groups excluding carboxylic acids is 1. The molecule has 10 heteroatoms. The van der Waals surface area contributed by atoms with Gasteiger partial charge >= 0.3 is 5.97 Å². The predicted octanol–water partition coefficient (Wildman–Crippen LogP) is 6.50. The van der Waals surface area contributed by atoms with Crippen molar-refractivity contribution in [3.8, 4) is 23.0 Å². The van der Waals surface area contributed by atoms with Gasteiger partial charge in [0.15, 0.2) is 18.1 Å². The van der Waals surface area contributed by atoms with Gasteiger partial charge in [0.2, 0.25) is 0 Å². The number of nitrogens with zero attached hydrogens (tertiary/aromatic N) is 3. The Morgan fingerprint density at radius 1 is 0.957 bits per heavy atom. The Kier molecular flexibility index (Phi) is 8.30. The summed E-state index contributed by atoms with van der Waals surface area (Å²) >= 11 is 6.25. The largest absolute Gasteiger partial charge is 0.451 e. The van der Waals surface area contributed by atoms with Crippen LogP contribution in [0.15, 0.2) is 97.5 Å². The summed E-state index contributed by atoms with van der Waals surface area (Å²) in [6, 6.07) is 26.2. The van der Waals surface area contributed by atoms with Crippen LogP contribution in [0.25, 0.3) is 22.2 Å². The smallest absolute Gasteiger partial charge is 0.338 e. The van der Waals surface area contributed by atoms with Crippen LogP contribution < -0.4 is 0 Å². The lowest BCUT2D eigenvalue weighted by molar-refractivity contribution is -0.207. The fraction of sp³-hybridized carbons (Fsp3) is 0.270. The topological polar surface area (TPSA) is 105 Å². The lowest BCUT2D eigenvalue weighted by Crippen LogP contribution is -2.36. The molecule has 0 radical (unpaired) electrons. The number of ether oxygens (including phenoxy) is 4. The van der Waals surface area contributed by atoms with Gasteiger partial charge in [-0.2, -0.15) is 0 Å². The minimum Gasteiger partial charge on any atom is -0.451 e. The molecule has 2 aliphatic rings. The van der Waals surface area contributed by atoms with E-state index < -0.39 is 48.5 Å². The van der Waals surface area contributed by atoms with E-state index in [1.54, 1.807) is 31.2 Å². The average Bonchev–Trinajstić information content (AvgIpc) is 3.74. The summed E-state index contributed by atoms with van der Waals surface area (Å²) in [5, 5.41) is 10.9. The van der Waals surface area contributed by atoms with Gasteiger partial charge in [0.1, 0.15) is 42.1 Å². The highest BCUT2D eigenvalue weighted by atomic mass is 35.5. The van der Waals surface area contributed by atoms with E-state index in [0.717, 1.165) is 11.1 Å². The zero-order chi connectivity index (χ0) is 32.7. The van der Waals surface area contributed by atoms with Crippen LogP contribution in [-0.4, -0.2) is 55.8 Å². The maximum Gasteiger partial charge on any atom is 0.338 e. The van der Waals surface area contributed by atoms with Crippen LogP contribution in [0.5, 0.6) is 0 Å². The van der Waals surface area contributed by atoms with Crippen molar-refractivity contribution in [1.29, 1.82) is 0 Å². The summed E-state index contributed by atoms with van der Waals surface area (Å²) in [7, 11) is 0. The molecule has 3 aromatic carbocycles.